The summed E-state index contributed by atoms with van der Waals surface area (Å²) in [5.41, 5.74) is -0.469. The van der Waals surface area contributed by atoms with E-state index in [-0.39, 0.29) is 22.1 Å². The Morgan fingerprint density at radius 3 is 2.43 bits per heavy atom. The molecule has 9 heteroatoms. The zero-order chi connectivity index (χ0) is 20.7. The molecule has 0 aliphatic carbocycles. The maximum atomic E-state index is 12.8. The molecule has 2 heterocycles. The highest BCUT2D eigenvalue weighted by atomic mass is 35.5. The van der Waals surface area contributed by atoms with E-state index in [1.807, 2.05) is 0 Å². The molecule has 0 fully saturated rings. The van der Waals surface area contributed by atoms with Gasteiger partial charge >= 0.3 is 12.5 Å². The Balaban J connectivity index is 2.25. The second-order valence-corrected chi connectivity index (χ2v) is 7.32. The molecule has 0 aliphatic heterocycles. The number of hydrogen-bond donors (Lipinski definition) is 0. The Kier molecular flexibility index (Phi) is 5.01. The van der Waals surface area contributed by atoms with Gasteiger partial charge in [-0.3, -0.25) is 0 Å². The molecule has 148 valence electrons. The number of benzene rings is 1. The number of aromatic nitrogens is 2. The number of carbonyl (C=O) groups excluding carboxylic acids is 1. The topological polar surface area (TPSA) is 53.4 Å². The molecule has 0 N–H and O–H groups in total. The van der Waals surface area contributed by atoms with Crippen LogP contribution >= 0.6 is 11.6 Å². The van der Waals surface area contributed by atoms with Gasteiger partial charge in [-0.05, 0) is 51.1 Å². The highest BCUT2D eigenvalue weighted by Gasteiger charge is 2.33. The molecule has 28 heavy (non-hydrogen) atoms. The smallest absolute Gasteiger partial charge is 0.443 e. The van der Waals surface area contributed by atoms with Crippen molar-refractivity contribution in [2.75, 3.05) is 0 Å². The Morgan fingerprint density at radius 2 is 1.79 bits per heavy atom. The number of fused-ring (bicyclic) bond motifs is 1. The SMILES string of the molecule is CC(C)(C)OC(=O)n1c(-c2ccccc2OC(F)(F)F)cc2ccc(Cl)nc21. The molecule has 0 spiro atoms. The summed E-state index contributed by atoms with van der Waals surface area (Å²) in [6.45, 7) is 5.03. The molecule has 0 amide bonds. The molecule has 3 rings (SSSR count). The second-order valence-electron chi connectivity index (χ2n) is 6.94. The second kappa shape index (κ2) is 7.01. The van der Waals surface area contributed by atoms with Crippen molar-refractivity contribution < 1.29 is 27.4 Å². The van der Waals surface area contributed by atoms with Crippen molar-refractivity contribution in [3.8, 4) is 17.0 Å². The van der Waals surface area contributed by atoms with Crippen LogP contribution in [0.5, 0.6) is 5.75 Å². The number of hydrogen-bond acceptors (Lipinski definition) is 4. The molecular weight excluding hydrogens is 397 g/mol. The number of nitrogens with zero attached hydrogens (tertiary/aromatic N) is 2. The number of halogens is 4. The van der Waals surface area contributed by atoms with Crippen LogP contribution in [0.3, 0.4) is 0 Å². The first-order valence-corrected chi connectivity index (χ1v) is 8.59. The van der Waals surface area contributed by atoms with Gasteiger partial charge in [0.25, 0.3) is 0 Å². The standard InChI is InChI=1S/C19H16ClF3N2O3/c1-18(2,3)28-17(26)25-13(10-11-8-9-15(20)24-16(11)25)12-6-4-5-7-14(12)27-19(21,22)23/h4-10H,1-3H3. The first-order valence-electron chi connectivity index (χ1n) is 8.21. The molecule has 0 aliphatic rings. The first-order chi connectivity index (χ1) is 12.9. The van der Waals surface area contributed by atoms with E-state index in [2.05, 4.69) is 9.72 Å². The van der Waals surface area contributed by atoms with Gasteiger partial charge in [-0.15, -0.1) is 13.2 Å². The maximum absolute atomic E-state index is 12.8. The fourth-order valence-electron chi connectivity index (χ4n) is 2.64. The third-order valence-corrected chi connectivity index (χ3v) is 3.79. The quantitative estimate of drug-likeness (QED) is 0.481. The van der Waals surface area contributed by atoms with Crippen LogP contribution < -0.4 is 4.74 Å². The minimum absolute atomic E-state index is 0.0554. The zero-order valence-corrected chi connectivity index (χ0v) is 15.9. The van der Waals surface area contributed by atoms with Gasteiger partial charge in [0.2, 0.25) is 0 Å². The van der Waals surface area contributed by atoms with Gasteiger partial charge in [-0.2, -0.15) is 0 Å². The van der Waals surface area contributed by atoms with Crippen molar-refractivity contribution in [2.24, 2.45) is 0 Å². The van der Waals surface area contributed by atoms with Gasteiger partial charge in [0.05, 0.1) is 5.69 Å². The maximum Gasteiger partial charge on any atom is 0.573 e. The van der Waals surface area contributed by atoms with Gasteiger partial charge in [0.15, 0.2) is 5.65 Å². The lowest BCUT2D eigenvalue weighted by Crippen LogP contribution is -2.27. The summed E-state index contributed by atoms with van der Waals surface area (Å²) >= 11 is 5.95. The zero-order valence-electron chi connectivity index (χ0n) is 15.2. The van der Waals surface area contributed by atoms with Crippen LogP contribution in [-0.2, 0) is 4.74 Å². The van der Waals surface area contributed by atoms with Crippen molar-refractivity contribution >= 4 is 28.7 Å². The fourth-order valence-corrected chi connectivity index (χ4v) is 2.78. The van der Waals surface area contributed by atoms with Gasteiger partial charge in [0, 0.05) is 10.9 Å². The Labute approximate surface area is 163 Å². The summed E-state index contributed by atoms with van der Waals surface area (Å²) in [6.07, 6.45) is -5.69. The molecule has 0 saturated carbocycles. The summed E-state index contributed by atoms with van der Waals surface area (Å²) in [4.78, 5) is 17.0. The molecule has 0 saturated heterocycles. The van der Waals surface area contributed by atoms with Crippen LogP contribution in [0.2, 0.25) is 5.15 Å². The predicted octanol–water partition coefficient (Wildman–Crippen LogP) is 6.04. The van der Waals surface area contributed by atoms with Crippen molar-refractivity contribution in [1.29, 1.82) is 0 Å². The lowest BCUT2D eigenvalue weighted by Gasteiger charge is -2.21. The van der Waals surface area contributed by atoms with Crippen LogP contribution in [0, 0.1) is 0 Å². The number of alkyl halides is 3. The summed E-state index contributed by atoms with van der Waals surface area (Å²) < 4.78 is 49.1. The van der Waals surface area contributed by atoms with E-state index in [9.17, 15) is 18.0 Å². The predicted molar refractivity (Wildman–Crippen MR) is 98.5 cm³/mol. The van der Waals surface area contributed by atoms with Crippen LogP contribution in [0.25, 0.3) is 22.3 Å². The lowest BCUT2D eigenvalue weighted by atomic mass is 10.1. The molecule has 0 radical (unpaired) electrons. The molecule has 0 bridgehead atoms. The fraction of sp³-hybridized carbons (Fsp3) is 0.263. The Morgan fingerprint density at radius 1 is 1.11 bits per heavy atom. The van der Waals surface area contributed by atoms with E-state index in [0.717, 1.165) is 4.57 Å². The van der Waals surface area contributed by atoms with Crippen molar-refractivity contribution in [2.45, 2.75) is 32.7 Å². The van der Waals surface area contributed by atoms with E-state index >= 15 is 0 Å². The number of para-hydroxylation sites is 1. The first kappa shape index (κ1) is 20.0. The molecule has 0 unspecified atom stereocenters. The van der Waals surface area contributed by atoms with Crippen molar-refractivity contribution in [1.82, 2.24) is 9.55 Å². The lowest BCUT2D eigenvalue weighted by molar-refractivity contribution is -0.274. The third-order valence-electron chi connectivity index (χ3n) is 3.58. The van der Waals surface area contributed by atoms with Crippen LogP contribution in [-0.4, -0.2) is 27.6 Å². The highest BCUT2D eigenvalue weighted by molar-refractivity contribution is 6.29. The van der Waals surface area contributed by atoms with Crippen LogP contribution in [0.1, 0.15) is 20.8 Å². The molecule has 2 aromatic heterocycles. The number of rotatable bonds is 2. The summed E-state index contributed by atoms with van der Waals surface area (Å²) in [5, 5.41) is 0.633. The van der Waals surface area contributed by atoms with Gasteiger partial charge in [-0.1, -0.05) is 23.7 Å². The van der Waals surface area contributed by atoms with Crippen molar-refractivity contribution in [3.05, 3.63) is 47.6 Å². The Bertz CT molecular complexity index is 1040. The number of carbonyl (C=O) groups is 1. The van der Waals surface area contributed by atoms with E-state index in [4.69, 9.17) is 16.3 Å². The van der Waals surface area contributed by atoms with E-state index < -0.39 is 23.8 Å². The van der Waals surface area contributed by atoms with E-state index in [0.29, 0.717) is 5.39 Å². The van der Waals surface area contributed by atoms with Gasteiger partial charge < -0.3 is 9.47 Å². The van der Waals surface area contributed by atoms with Gasteiger partial charge in [0.1, 0.15) is 16.5 Å². The van der Waals surface area contributed by atoms with Gasteiger partial charge in [-0.25, -0.2) is 14.3 Å². The minimum atomic E-state index is -4.89. The minimum Gasteiger partial charge on any atom is -0.443 e. The van der Waals surface area contributed by atoms with E-state index in [1.54, 1.807) is 26.8 Å². The highest BCUT2D eigenvalue weighted by Crippen LogP contribution is 2.37. The molecule has 5 nitrogen and oxygen atoms in total. The normalized spacial score (nSPS) is 12.2. The largest absolute Gasteiger partial charge is 0.573 e. The molecule has 1 aromatic carbocycles. The number of pyridine rings is 1. The molecular formula is C19H16ClF3N2O3. The third kappa shape index (κ3) is 4.39. The number of ether oxygens (including phenoxy) is 2. The van der Waals surface area contributed by atoms with Crippen LogP contribution in [0.15, 0.2) is 42.5 Å². The van der Waals surface area contributed by atoms with Crippen LogP contribution in [0.4, 0.5) is 18.0 Å². The summed E-state index contributed by atoms with van der Waals surface area (Å²) in [7, 11) is 0. The summed E-state index contributed by atoms with van der Waals surface area (Å²) in [5.74, 6) is -0.450. The molecule has 0 atom stereocenters. The molecule has 3 aromatic rings. The van der Waals surface area contributed by atoms with Crippen molar-refractivity contribution in [3.63, 3.8) is 0 Å². The average Bonchev–Trinajstić information content (AvgIpc) is 2.90. The summed E-state index contributed by atoms with van der Waals surface area (Å²) in [6, 6.07) is 10.2. The monoisotopic (exact) mass is 412 g/mol. The van der Waals surface area contributed by atoms with E-state index in [1.165, 1.54) is 36.4 Å². The average molecular weight is 413 g/mol. The Hall–Kier alpha value is -2.74.